The van der Waals surface area contributed by atoms with Crippen molar-refractivity contribution in [1.29, 1.82) is 0 Å². The van der Waals surface area contributed by atoms with Gasteiger partial charge in [0, 0.05) is 31.7 Å². The van der Waals surface area contributed by atoms with Crippen molar-refractivity contribution < 1.29 is 9.59 Å². The van der Waals surface area contributed by atoms with Crippen molar-refractivity contribution >= 4 is 24.2 Å². The fourth-order valence-corrected chi connectivity index (χ4v) is 2.97. The molecular formula is C18H28ClN3O2. The van der Waals surface area contributed by atoms with Crippen LogP contribution in [0.5, 0.6) is 0 Å². The number of carbonyl (C=O) groups is 2. The molecule has 0 spiro atoms. The molecule has 0 bridgehead atoms. The van der Waals surface area contributed by atoms with Gasteiger partial charge in [0.05, 0.1) is 6.04 Å². The van der Waals surface area contributed by atoms with Crippen LogP contribution in [0.25, 0.3) is 0 Å². The van der Waals surface area contributed by atoms with Gasteiger partial charge >= 0.3 is 0 Å². The van der Waals surface area contributed by atoms with E-state index in [0.29, 0.717) is 38.2 Å². The Balaban J connectivity index is 0.00000288. The van der Waals surface area contributed by atoms with Crippen LogP contribution in [0.1, 0.15) is 42.1 Å². The zero-order valence-corrected chi connectivity index (χ0v) is 15.3. The highest BCUT2D eigenvalue weighted by atomic mass is 35.5. The van der Waals surface area contributed by atoms with E-state index in [-0.39, 0.29) is 24.2 Å². The Hall–Kier alpha value is -1.59. The van der Waals surface area contributed by atoms with E-state index in [1.165, 1.54) is 0 Å². The third-order valence-electron chi connectivity index (χ3n) is 4.28. The second kappa shape index (κ2) is 9.64. The molecule has 0 radical (unpaired) electrons. The maximum Gasteiger partial charge on any atom is 0.253 e. The molecule has 1 fully saturated rings. The van der Waals surface area contributed by atoms with Gasteiger partial charge in [-0.1, -0.05) is 31.0 Å². The molecule has 0 aromatic heterocycles. The minimum absolute atomic E-state index is 0. The molecule has 1 aliphatic rings. The Labute approximate surface area is 150 Å². The van der Waals surface area contributed by atoms with Gasteiger partial charge in [0.1, 0.15) is 0 Å². The molecule has 1 aromatic rings. The van der Waals surface area contributed by atoms with E-state index in [2.05, 4.69) is 0 Å². The molecule has 0 saturated carbocycles. The van der Waals surface area contributed by atoms with Crippen LogP contribution in [0.4, 0.5) is 0 Å². The van der Waals surface area contributed by atoms with Crippen LogP contribution in [-0.4, -0.2) is 53.8 Å². The fourth-order valence-electron chi connectivity index (χ4n) is 2.97. The SMILES string of the molecule is CCCC(N)C(=O)N1CCCN(C(=O)c2cccc(C)c2)CC1.Cl. The Morgan fingerprint density at radius 3 is 2.50 bits per heavy atom. The number of halogens is 1. The van der Waals surface area contributed by atoms with Crippen molar-refractivity contribution in [2.75, 3.05) is 26.2 Å². The minimum Gasteiger partial charge on any atom is -0.340 e. The first-order valence-electron chi connectivity index (χ1n) is 8.43. The van der Waals surface area contributed by atoms with E-state index in [4.69, 9.17) is 5.73 Å². The number of amides is 2. The highest BCUT2D eigenvalue weighted by molar-refractivity contribution is 5.94. The first-order valence-corrected chi connectivity index (χ1v) is 8.43. The largest absolute Gasteiger partial charge is 0.340 e. The molecule has 6 heteroatoms. The summed E-state index contributed by atoms with van der Waals surface area (Å²) in [6.45, 7) is 6.49. The fraction of sp³-hybridized carbons (Fsp3) is 0.556. The van der Waals surface area contributed by atoms with Crippen molar-refractivity contribution in [1.82, 2.24) is 9.80 Å². The minimum atomic E-state index is -0.418. The van der Waals surface area contributed by atoms with Gasteiger partial charge in [0.2, 0.25) is 5.91 Å². The molecule has 0 aliphatic carbocycles. The molecule has 24 heavy (non-hydrogen) atoms. The zero-order valence-electron chi connectivity index (χ0n) is 14.5. The average Bonchev–Trinajstić information content (AvgIpc) is 2.79. The molecule has 1 aromatic carbocycles. The Morgan fingerprint density at radius 1 is 1.17 bits per heavy atom. The summed E-state index contributed by atoms with van der Waals surface area (Å²) in [5.74, 6) is 0.0533. The summed E-state index contributed by atoms with van der Waals surface area (Å²) >= 11 is 0. The number of aryl methyl sites for hydroxylation is 1. The van der Waals surface area contributed by atoms with Crippen LogP contribution in [0, 0.1) is 6.92 Å². The Bertz CT molecular complexity index is 565. The molecule has 1 saturated heterocycles. The van der Waals surface area contributed by atoms with Crippen molar-refractivity contribution in [3.63, 3.8) is 0 Å². The van der Waals surface area contributed by atoms with Crippen molar-refractivity contribution in [2.24, 2.45) is 5.73 Å². The van der Waals surface area contributed by atoms with Gasteiger partial charge in [0.15, 0.2) is 0 Å². The van der Waals surface area contributed by atoms with Crippen LogP contribution in [0.15, 0.2) is 24.3 Å². The number of rotatable bonds is 4. The highest BCUT2D eigenvalue weighted by Crippen LogP contribution is 2.12. The second-order valence-electron chi connectivity index (χ2n) is 6.24. The van der Waals surface area contributed by atoms with Gasteiger partial charge < -0.3 is 15.5 Å². The smallest absolute Gasteiger partial charge is 0.253 e. The first-order chi connectivity index (χ1) is 11.0. The Kier molecular flexibility index (Phi) is 8.22. The molecule has 2 N–H and O–H groups in total. The molecule has 2 amide bonds. The average molecular weight is 354 g/mol. The third-order valence-corrected chi connectivity index (χ3v) is 4.28. The van der Waals surface area contributed by atoms with E-state index in [9.17, 15) is 9.59 Å². The molecular weight excluding hydrogens is 326 g/mol. The quantitative estimate of drug-likeness (QED) is 0.902. The van der Waals surface area contributed by atoms with Gasteiger partial charge in [0.25, 0.3) is 5.91 Å². The van der Waals surface area contributed by atoms with Crippen molar-refractivity contribution in [3.05, 3.63) is 35.4 Å². The molecule has 134 valence electrons. The van der Waals surface area contributed by atoms with E-state index in [1.54, 1.807) is 0 Å². The maximum absolute atomic E-state index is 12.6. The van der Waals surface area contributed by atoms with Crippen molar-refractivity contribution in [2.45, 2.75) is 39.2 Å². The predicted octanol–water partition coefficient (Wildman–Crippen LogP) is 2.22. The lowest BCUT2D eigenvalue weighted by Crippen LogP contribution is -2.45. The highest BCUT2D eigenvalue weighted by Gasteiger charge is 2.25. The number of hydrogen-bond donors (Lipinski definition) is 1. The topological polar surface area (TPSA) is 66.6 Å². The maximum atomic E-state index is 12.6. The number of nitrogens with zero attached hydrogens (tertiary/aromatic N) is 2. The standard InChI is InChI=1S/C18H27N3O2.ClH/c1-3-6-16(19)18(23)21-10-5-9-20(11-12-21)17(22)15-8-4-7-14(2)13-15;/h4,7-8,13,16H,3,5-6,9-12,19H2,1-2H3;1H. The third kappa shape index (κ3) is 5.21. The van der Waals surface area contributed by atoms with Gasteiger partial charge in [-0.15, -0.1) is 12.4 Å². The van der Waals surface area contributed by atoms with Gasteiger partial charge in [-0.3, -0.25) is 9.59 Å². The number of benzene rings is 1. The molecule has 1 atom stereocenters. The summed E-state index contributed by atoms with van der Waals surface area (Å²) in [5, 5.41) is 0. The predicted molar refractivity (Wildman–Crippen MR) is 98.4 cm³/mol. The van der Waals surface area contributed by atoms with Crippen LogP contribution in [-0.2, 0) is 4.79 Å². The van der Waals surface area contributed by atoms with Crippen molar-refractivity contribution in [3.8, 4) is 0 Å². The van der Waals surface area contributed by atoms with Crippen LogP contribution in [0.3, 0.4) is 0 Å². The molecule has 1 aliphatic heterocycles. The molecule has 1 heterocycles. The van der Waals surface area contributed by atoms with Gasteiger partial charge in [-0.05, 0) is 31.9 Å². The Morgan fingerprint density at radius 2 is 1.83 bits per heavy atom. The van der Waals surface area contributed by atoms with E-state index >= 15 is 0 Å². The van der Waals surface area contributed by atoms with Crippen LogP contribution < -0.4 is 5.73 Å². The summed E-state index contributed by atoms with van der Waals surface area (Å²) in [5.41, 5.74) is 7.73. The lowest BCUT2D eigenvalue weighted by molar-refractivity contribution is -0.132. The summed E-state index contributed by atoms with van der Waals surface area (Å²) in [4.78, 5) is 28.6. The molecule has 1 unspecified atom stereocenters. The van der Waals surface area contributed by atoms with E-state index < -0.39 is 6.04 Å². The zero-order chi connectivity index (χ0) is 16.8. The van der Waals surface area contributed by atoms with Crippen LogP contribution >= 0.6 is 12.4 Å². The second-order valence-corrected chi connectivity index (χ2v) is 6.24. The summed E-state index contributed by atoms with van der Waals surface area (Å²) in [6.07, 6.45) is 2.40. The lowest BCUT2D eigenvalue weighted by atomic mass is 10.1. The first kappa shape index (κ1) is 20.5. The summed E-state index contributed by atoms with van der Waals surface area (Å²) in [6, 6.07) is 7.22. The lowest BCUT2D eigenvalue weighted by Gasteiger charge is -2.24. The van der Waals surface area contributed by atoms with E-state index in [1.807, 2.05) is 47.9 Å². The molecule has 2 rings (SSSR count). The monoisotopic (exact) mass is 353 g/mol. The number of hydrogen-bond acceptors (Lipinski definition) is 3. The molecule has 5 nitrogen and oxygen atoms in total. The number of nitrogens with two attached hydrogens (primary N) is 1. The number of carbonyl (C=O) groups excluding carboxylic acids is 2. The van der Waals surface area contributed by atoms with E-state index in [0.717, 1.165) is 18.4 Å². The summed E-state index contributed by atoms with van der Waals surface area (Å²) in [7, 11) is 0. The van der Waals surface area contributed by atoms with Crippen LogP contribution in [0.2, 0.25) is 0 Å². The van der Waals surface area contributed by atoms with Gasteiger partial charge in [-0.2, -0.15) is 0 Å². The van der Waals surface area contributed by atoms with Gasteiger partial charge in [-0.25, -0.2) is 0 Å². The summed E-state index contributed by atoms with van der Waals surface area (Å²) < 4.78 is 0. The normalized spacial score (nSPS) is 16.1.